The van der Waals surface area contributed by atoms with Crippen molar-refractivity contribution in [3.63, 3.8) is 0 Å². The number of carbonyl (C=O) groups is 20. The van der Waals surface area contributed by atoms with Gasteiger partial charge in [0.25, 0.3) is 0 Å². The molecule has 14 unspecified atom stereocenters. The Hall–Kier alpha value is -12.7. The lowest BCUT2D eigenvalue weighted by Gasteiger charge is -2.30. The minimum absolute atomic E-state index is 0.102. The highest BCUT2D eigenvalue weighted by atomic mass is 16.5. The van der Waals surface area contributed by atoms with Crippen LogP contribution in [0.3, 0.4) is 0 Å². The van der Waals surface area contributed by atoms with Crippen molar-refractivity contribution >= 4 is 135 Å². The van der Waals surface area contributed by atoms with Gasteiger partial charge in [0.15, 0.2) is 5.78 Å². The number of fused-ring (bicyclic) bond motifs is 1. The standard InChI is InChI=1S/C72H101N17O27/c1-5-6-7-8-9-15-38(91)24-53(94)81-44(23-37-30-76-42-19-13-11-16-39(37)42)66(109)84-45(26-52(75)93)67(110)86-48(29-59(103)104)68(111)89-61-36(4)116-72(115)49(25-51(92)40-17-10-12-18-41(40)74)87-71(114)60(34(2)22-56(97)98)88-69(112)50(33-90)82-55(96)31-77-63(106)46(27-57(99)100)83-62(105)35(3)79-65(108)47(28-58(101)102)85-64(107)43(20-14-21-73)80-54(95)32-78-70(61)113/h10-13,16-19,30,34-36,38,43-50,60-61,76,90-91H,5-9,14-15,20-29,31-33,73-74H2,1-4H3,(H2,75,93)(H,77,106)(H,78,113)(H,79,108)(H,80,95)(H,81,94)(H,82,96)(H,83,105)(H,84,109)(H,85,107)(H,86,110)(H,87,114)(H,88,112)(H,89,111)(H,97,98)(H,99,100)(H,101,102)(H,103,104). The van der Waals surface area contributed by atoms with Crippen LogP contribution in [0.1, 0.15) is 140 Å². The normalized spacial score (nSPS) is 21.4. The summed E-state index contributed by atoms with van der Waals surface area (Å²) in [7, 11) is 0. The van der Waals surface area contributed by atoms with Crippen LogP contribution in [0.2, 0.25) is 0 Å². The summed E-state index contributed by atoms with van der Waals surface area (Å²) in [6.45, 7) is 1.01. The van der Waals surface area contributed by atoms with Crippen LogP contribution in [0.15, 0.2) is 54.7 Å². The molecule has 0 saturated carbocycles. The number of aromatic nitrogens is 1. The number of H-pyrrole nitrogens is 1. The average molecular weight is 1640 g/mol. The molecule has 1 saturated heterocycles. The van der Waals surface area contributed by atoms with E-state index in [2.05, 4.69) is 58.2 Å². The van der Waals surface area contributed by atoms with E-state index < -0.39 is 274 Å². The summed E-state index contributed by atoms with van der Waals surface area (Å²) < 4.78 is 5.67. The van der Waals surface area contributed by atoms with Crippen LogP contribution in [-0.4, -0.2) is 259 Å². The maximum absolute atomic E-state index is 14.8. The molecular weight excluding hydrogens is 1530 g/mol. The van der Waals surface area contributed by atoms with Crippen molar-refractivity contribution < 1.29 is 131 Å². The number of rotatable bonds is 35. The van der Waals surface area contributed by atoms with Gasteiger partial charge in [-0.25, -0.2) is 4.79 Å². The van der Waals surface area contributed by atoms with Crippen molar-refractivity contribution in [2.24, 2.45) is 17.4 Å². The van der Waals surface area contributed by atoms with Crippen LogP contribution >= 0.6 is 0 Å². The first kappa shape index (κ1) is 95.6. The van der Waals surface area contributed by atoms with E-state index in [9.17, 15) is 127 Å². The Morgan fingerprint density at radius 1 is 0.560 bits per heavy atom. The number of benzene rings is 2. The number of ether oxygens (including phenoxy) is 1. The number of aliphatic carboxylic acids is 4. The SMILES string of the molecule is CCCCCCCC(O)CC(=O)NC(Cc1c[nH]c2ccccc12)C(=O)NC(CC(N)=O)C(=O)NC(CC(=O)O)C(=O)NC1C(=O)NCC(=O)NC(CCCN)C(=O)NC(CC(=O)O)C(=O)NC(C)C(=O)NC(CC(=O)O)C(=O)NCC(=O)NC(CO)C(=O)NC(C(C)CC(=O)O)C(=O)NC(CC(=O)c2ccccc2N)C(=O)OC1C. The van der Waals surface area contributed by atoms with Gasteiger partial charge in [-0.2, -0.15) is 0 Å². The molecule has 0 spiro atoms. The highest BCUT2D eigenvalue weighted by Crippen LogP contribution is 2.22. The molecule has 0 radical (unpaired) electrons. The second-order valence-corrected chi connectivity index (χ2v) is 27.4. The minimum atomic E-state index is -2.47. The number of amides is 14. The number of aliphatic hydroxyl groups excluding tert-OH is 2. The number of nitrogens with two attached hydrogens (primary N) is 3. The highest BCUT2D eigenvalue weighted by molar-refractivity contribution is 6.05. The lowest BCUT2D eigenvalue weighted by molar-refractivity contribution is -0.156. The quantitative estimate of drug-likeness (QED) is 0.0113. The third kappa shape index (κ3) is 32.4. The van der Waals surface area contributed by atoms with Gasteiger partial charge in [0.2, 0.25) is 82.7 Å². The summed E-state index contributed by atoms with van der Waals surface area (Å²) in [6.07, 6.45) is -5.81. The zero-order chi connectivity index (χ0) is 86.6. The number of Topliss-reactive ketones (excluding diaryl/α,β-unsaturated/α-hetero) is 1. The molecule has 14 amide bonds. The van der Waals surface area contributed by atoms with Crippen LogP contribution < -0.4 is 86.3 Å². The second kappa shape index (κ2) is 47.7. The summed E-state index contributed by atoms with van der Waals surface area (Å²) in [5.41, 5.74) is 17.9. The van der Waals surface area contributed by atoms with E-state index in [4.69, 9.17) is 21.9 Å². The Morgan fingerprint density at radius 3 is 1.72 bits per heavy atom. The first-order chi connectivity index (χ1) is 54.7. The van der Waals surface area contributed by atoms with Gasteiger partial charge in [0, 0.05) is 41.2 Å². The fourth-order valence-electron chi connectivity index (χ4n) is 11.8. The number of carboxylic acid groups (broad SMARTS) is 4. The van der Waals surface area contributed by atoms with Gasteiger partial charge in [-0.05, 0) is 69.3 Å². The number of nitrogen functional groups attached to an aromatic ring is 1. The topological polar surface area (TPSA) is 722 Å². The monoisotopic (exact) mass is 1640 g/mol. The fourth-order valence-corrected chi connectivity index (χ4v) is 11.8. The number of ketones is 1. The van der Waals surface area contributed by atoms with E-state index in [1.165, 1.54) is 30.5 Å². The van der Waals surface area contributed by atoms with Crippen molar-refractivity contribution in [3.8, 4) is 0 Å². The van der Waals surface area contributed by atoms with Gasteiger partial charge >= 0.3 is 29.8 Å². The highest BCUT2D eigenvalue weighted by Gasteiger charge is 2.41. The molecule has 3 aromatic rings. The molecule has 0 bridgehead atoms. The van der Waals surface area contributed by atoms with E-state index in [-0.39, 0.29) is 37.1 Å². The van der Waals surface area contributed by atoms with Crippen LogP contribution in [0, 0.1) is 5.92 Å². The Balaban J connectivity index is 1.88. The molecule has 1 aromatic heterocycles. The number of primary amides is 1. The smallest absolute Gasteiger partial charge is 0.329 e. The Bertz CT molecular complexity index is 4080. The Kier molecular flexibility index (Phi) is 39.3. The Morgan fingerprint density at radius 2 is 1.11 bits per heavy atom. The number of hydrogen-bond donors (Lipinski definition) is 23. The lowest BCUT2D eigenvalue weighted by atomic mass is 9.96. The van der Waals surface area contributed by atoms with Crippen LogP contribution in [0.25, 0.3) is 10.9 Å². The molecule has 636 valence electrons. The number of para-hydroxylation sites is 2. The number of cyclic esters (lactones) is 1. The largest absolute Gasteiger partial charge is 0.481 e. The molecule has 116 heavy (non-hydrogen) atoms. The van der Waals surface area contributed by atoms with Crippen molar-refractivity contribution in [2.45, 2.75) is 209 Å². The zero-order valence-electron chi connectivity index (χ0n) is 63.9. The molecule has 44 heteroatoms. The number of aromatic amines is 1. The number of esters is 1. The molecule has 2 heterocycles. The van der Waals surface area contributed by atoms with E-state index in [0.717, 1.165) is 46.5 Å². The van der Waals surface area contributed by atoms with Crippen molar-refractivity contribution in [2.75, 3.05) is 32.0 Å². The lowest BCUT2D eigenvalue weighted by Crippen LogP contribution is -2.62. The summed E-state index contributed by atoms with van der Waals surface area (Å²) in [5.74, 6) is -30.3. The third-order valence-electron chi connectivity index (χ3n) is 17.9. The molecular formula is C72H101N17O27. The summed E-state index contributed by atoms with van der Waals surface area (Å²) in [4.78, 5) is 276. The number of carboxylic acids is 4. The predicted octanol–water partition coefficient (Wildman–Crippen LogP) is -6.65. The molecule has 14 atom stereocenters. The zero-order valence-corrected chi connectivity index (χ0v) is 63.9. The molecule has 26 N–H and O–H groups in total. The van der Waals surface area contributed by atoms with Gasteiger partial charge in [0.05, 0.1) is 64.3 Å². The van der Waals surface area contributed by atoms with Gasteiger partial charge in [-0.15, -0.1) is 0 Å². The first-order valence-corrected chi connectivity index (χ1v) is 36.9. The van der Waals surface area contributed by atoms with Gasteiger partial charge in [-0.1, -0.05) is 76.3 Å². The maximum atomic E-state index is 14.8. The molecule has 1 fully saturated rings. The molecule has 44 nitrogen and oxygen atoms in total. The maximum Gasteiger partial charge on any atom is 0.329 e. The number of carbonyl (C=O) groups excluding carboxylic acids is 16. The fraction of sp³-hybridized carbons (Fsp3) is 0.528. The second-order valence-electron chi connectivity index (χ2n) is 27.4. The molecule has 1 aliphatic heterocycles. The van der Waals surface area contributed by atoms with Gasteiger partial charge in [0.1, 0.15) is 72.6 Å². The van der Waals surface area contributed by atoms with E-state index in [1.807, 2.05) is 22.9 Å². The van der Waals surface area contributed by atoms with E-state index in [0.29, 0.717) is 22.9 Å². The molecule has 2 aromatic carbocycles. The molecule has 1 aliphatic rings. The summed E-state index contributed by atoms with van der Waals surface area (Å²) in [6, 6.07) is -11.0. The predicted molar refractivity (Wildman–Crippen MR) is 402 cm³/mol. The molecule has 4 rings (SSSR count). The Labute approximate surface area is 662 Å². The number of nitrogens with one attached hydrogen (secondary N) is 14. The average Bonchev–Trinajstić information content (AvgIpc) is 1.59. The molecule has 0 aliphatic carbocycles. The third-order valence-corrected chi connectivity index (χ3v) is 17.9. The van der Waals surface area contributed by atoms with Crippen LogP contribution in [0.4, 0.5) is 5.69 Å². The summed E-state index contributed by atoms with van der Waals surface area (Å²) >= 11 is 0. The first-order valence-electron chi connectivity index (χ1n) is 36.9. The van der Waals surface area contributed by atoms with E-state index >= 15 is 0 Å². The van der Waals surface area contributed by atoms with Crippen molar-refractivity contribution in [3.05, 3.63) is 65.9 Å². The summed E-state index contributed by atoms with van der Waals surface area (Å²) in [5, 5.41) is 89.1. The van der Waals surface area contributed by atoms with Gasteiger partial charge < -0.3 is 127 Å². The van der Waals surface area contributed by atoms with E-state index in [1.54, 1.807) is 24.3 Å². The minimum Gasteiger partial charge on any atom is -0.481 e. The number of hydrogen-bond acceptors (Lipinski definition) is 25. The van der Waals surface area contributed by atoms with Crippen molar-refractivity contribution in [1.82, 2.24) is 74.1 Å². The number of anilines is 1. The van der Waals surface area contributed by atoms with Crippen molar-refractivity contribution in [1.29, 1.82) is 0 Å². The van der Waals surface area contributed by atoms with Crippen LogP contribution in [0.5, 0.6) is 0 Å². The van der Waals surface area contributed by atoms with Gasteiger partial charge in [-0.3, -0.25) is 91.1 Å². The van der Waals surface area contributed by atoms with Crippen LogP contribution in [-0.2, 0) is 102 Å². The number of aliphatic hydroxyl groups is 2. The number of unbranched alkanes of at least 4 members (excludes halogenated alkanes) is 4.